The first-order valence-electron chi connectivity index (χ1n) is 10.7. The molecule has 0 bridgehead atoms. The summed E-state index contributed by atoms with van der Waals surface area (Å²) < 4.78 is 39.4. The van der Waals surface area contributed by atoms with Gasteiger partial charge in [-0.15, -0.1) is 0 Å². The fraction of sp³-hybridized carbons (Fsp3) is 0.154. The molecule has 0 aliphatic heterocycles. The van der Waals surface area contributed by atoms with E-state index >= 15 is 0 Å². The molecule has 0 saturated carbocycles. The van der Waals surface area contributed by atoms with Crippen LogP contribution < -0.4 is 15.1 Å². The lowest BCUT2D eigenvalue weighted by Gasteiger charge is -2.19. The molecule has 0 spiro atoms. The molecule has 0 aliphatic carbocycles. The third kappa shape index (κ3) is 5.14. The number of carbonyl (C=O) groups is 1. The second-order valence-electron chi connectivity index (χ2n) is 8.12. The number of fused-ring (bicyclic) bond motifs is 1. The summed E-state index contributed by atoms with van der Waals surface area (Å²) >= 11 is 6.37. The first-order valence-corrected chi connectivity index (χ1v) is 12.5. The van der Waals surface area contributed by atoms with Crippen molar-refractivity contribution in [3.63, 3.8) is 0 Å². The smallest absolute Gasteiger partial charge is 0.339 e. The Morgan fingerprint density at radius 3 is 2.29 bits per heavy atom. The van der Waals surface area contributed by atoms with Crippen LogP contribution >= 0.6 is 11.6 Å². The van der Waals surface area contributed by atoms with Crippen LogP contribution in [0.5, 0.6) is 5.75 Å². The molecule has 0 amide bonds. The van der Waals surface area contributed by atoms with Gasteiger partial charge in [0.05, 0.1) is 9.92 Å². The number of nitrogens with one attached hydrogen (secondary N) is 1. The average Bonchev–Trinajstić information content (AvgIpc) is 2.83. The predicted octanol–water partition coefficient (Wildman–Crippen LogP) is 5.00. The Labute approximate surface area is 207 Å². The molecule has 35 heavy (non-hydrogen) atoms. The van der Waals surface area contributed by atoms with Crippen molar-refractivity contribution in [3.8, 4) is 5.75 Å². The summed E-state index contributed by atoms with van der Waals surface area (Å²) in [6.07, 6.45) is 0. The SMILES string of the molecule is Cc1ccc(S(=O)(=O)N[C@@H](C(=O)Oc2cc3oc(=O)c(C)c(C)c3cc2Cl)c2ccccc2)cc1. The molecule has 0 fully saturated rings. The summed E-state index contributed by atoms with van der Waals surface area (Å²) in [6.45, 7) is 5.25. The molecule has 3 aromatic carbocycles. The normalized spacial score (nSPS) is 12.5. The Morgan fingerprint density at radius 1 is 0.971 bits per heavy atom. The zero-order valence-electron chi connectivity index (χ0n) is 19.2. The van der Waals surface area contributed by atoms with Crippen LogP contribution in [-0.2, 0) is 14.8 Å². The van der Waals surface area contributed by atoms with Gasteiger partial charge in [0.2, 0.25) is 10.0 Å². The van der Waals surface area contributed by atoms with Gasteiger partial charge in [0, 0.05) is 17.0 Å². The van der Waals surface area contributed by atoms with Crippen molar-refractivity contribution in [2.75, 3.05) is 0 Å². The quantitative estimate of drug-likeness (QED) is 0.222. The van der Waals surface area contributed by atoms with Crippen LogP contribution in [0.4, 0.5) is 0 Å². The highest BCUT2D eigenvalue weighted by Gasteiger charge is 2.29. The van der Waals surface area contributed by atoms with Gasteiger partial charge in [-0.3, -0.25) is 0 Å². The van der Waals surface area contributed by atoms with Gasteiger partial charge in [-0.1, -0.05) is 59.6 Å². The van der Waals surface area contributed by atoms with Gasteiger partial charge in [-0.2, -0.15) is 4.72 Å². The van der Waals surface area contributed by atoms with Crippen LogP contribution in [0.25, 0.3) is 11.0 Å². The number of halogens is 1. The van der Waals surface area contributed by atoms with Crippen molar-refractivity contribution in [1.29, 1.82) is 0 Å². The minimum atomic E-state index is -4.07. The predicted molar refractivity (Wildman–Crippen MR) is 133 cm³/mol. The number of hydrogen-bond donors (Lipinski definition) is 1. The molecule has 1 heterocycles. The third-order valence-corrected chi connectivity index (χ3v) is 7.43. The lowest BCUT2D eigenvalue weighted by Crippen LogP contribution is -2.36. The van der Waals surface area contributed by atoms with E-state index in [4.69, 9.17) is 20.8 Å². The summed E-state index contributed by atoms with van der Waals surface area (Å²) in [5, 5.41) is 0.710. The van der Waals surface area contributed by atoms with Gasteiger partial charge in [0.25, 0.3) is 0 Å². The molecular weight excluding hydrogens is 490 g/mol. The number of aryl methyl sites for hydroxylation is 2. The molecule has 4 aromatic rings. The number of ether oxygens (including phenoxy) is 1. The second kappa shape index (κ2) is 9.65. The van der Waals surface area contributed by atoms with Crippen LogP contribution in [0, 0.1) is 20.8 Å². The molecule has 180 valence electrons. The van der Waals surface area contributed by atoms with Gasteiger partial charge >= 0.3 is 11.6 Å². The highest BCUT2D eigenvalue weighted by atomic mass is 35.5. The van der Waals surface area contributed by atoms with Gasteiger partial charge in [-0.05, 0) is 50.1 Å². The van der Waals surface area contributed by atoms with E-state index in [2.05, 4.69) is 4.72 Å². The van der Waals surface area contributed by atoms with E-state index in [0.29, 0.717) is 22.1 Å². The standard InChI is InChI=1S/C26H22ClNO6S/c1-15-9-11-19(12-10-15)35(31,32)28-24(18-7-5-4-6-8-18)26(30)34-23-14-22-20(13-21(23)27)16(2)17(3)25(29)33-22/h4-14,24,28H,1-3H3/t24-/m1/s1. The van der Waals surface area contributed by atoms with E-state index in [1.54, 1.807) is 62.4 Å². The van der Waals surface area contributed by atoms with Crippen LogP contribution in [0.3, 0.4) is 0 Å². The highest BCUT2D eigenvalue weighted by Crippen LogP contribution is 2.33. The van der Waals surface area contributed by atoms with E-state index < -0.39 is 27.7 Å². The fourth-order valence-corrected chi connectivity index (χ4v) is 4.90. The number of sulfonamides is 1. The van der Waals surface area contributed by atoms with Crippen LogP contribution in [0.2, 0.25) is 5.02 Å². The molecule has 7 nitrogen and oxygen atoms in total. The molecule has 9 heteroatoms. The molecule has 0 saturated heterocycles. The van der Waals surface area contributed by atoms with Crippen molar-refractivity contribution in [2.45, 2.75) is 31.7 Å². The molecule has 0 aliphatic rings. The first-order chi connectivity index (χ1) is 16.6. The number of esters is 1. The van der Waals surface area contributed by atoms with Crippen molar-refractivity contribution in [1.82, 2.24) is 4.72 Å². The summed E-state index contributed by atoms with van der Waals surface area (Å²) in [6, 6.07) is 16.1. The Hall–Kier alpha value is -3.46. The zero-order chi connectivity index (χ0) is 25.3. The maximum absolute atomic E-state index is 13.3. The van der Waals surface area contributed by atoms with E-state index in [1.165, 1.54) is 18.2 Å². The van der Waals surface area contributed by atoms with E-state index in [9.17, 15) is 18.0 Å². The average molecular weight is 512 g/mol. The summed E-state index contributed by atoms with van der Waals surface area (Å²) in [7, 11) is -4.07. The molecular formula is C26H22ClNO6S. The summed E-state index contributed by atoms with van der Waals surface area (Å²) in [4.78, 5) is 25.4. The molecule has 0 radical (unpaired) electrons. The first kappa shape index (κ1) is 24.7. The van der Waals surface area contributed by atoms with Gasteiger partial charge in [-0.25, -0.2) is 18.0 Å². The zero-order valence-corrected chi connectivity index (χ0v) is 20.7. The largest absolute Gasteiger partial charge is 0.423 e. The molecule has 4 rings (SSSR count). The minimum Gasteiger partial charge on any atom is -0.423 e. The van der Waals surface area contributed by atoms with E-state index in [-0.39, 0.29) is 21.3 Å². The molecule has 1 atom stereocenters. The van der Waals surface area contributed by atoms with Gasteiger partial charge in [0.15, 0.2) is 5.75 Å². The number of hydrogen-bond acceptors (Lipinski definition) is 6. The van der Waals surface area contributed by atoms with Gasteiger partial charge < -0.3 is 9.15 Å². The monoisotopic (exact) mass is 511 g/mol. The third-order valence-electron chi connectivity index (χ3n) is 5.69. The van der Waals surface area contributed by atoms with Crippen molar-refractivity contribution in [2.24, 2.45) is 0 Å². The Kier molecular flexibility index (Phi) is 6.80. The second-order valence-corrected chi connectivity index (χ2v) is 10.2. The number of carbonyl (C=O) groups excluding carboxylic acids is 1. The Bertz CT molecular complexity index is 1580. The lowest BCUT2D eigenvalue weighted by molar-refractivity contribution is -0.136. The van der Waals surface area contributed by atoms with E-state index in [1.807, 2.05) is 6.92 Å². The Balaban J connectivity index is 1.71. The minimum absolute atomic E-state index is 0.00758. The summed E-state index contributed by atoms with van der Waals surface area (Å²) in [5.74, 6) is -0.967. The van der Waals surface area contributed by atoms with Crippen LogP contribution in [0.1, 0.15) is 28.3 Å². The summed E-state index contributed by atoms with van der Waals surface area (Å²) in [5.41, 5.74) is 2.11. The molecule has 1 N–H and O–H groups in total. The van der Waals surface area contributed by atoms with Gasteiger partial charge in [0.1, 0.15) is 11.6 Å². The Morgan fingerprint density at radius 2 is 1.63 bits per heavy atom. The van der Waals surface area contributed by atoms with E-state index in [0.717, 1.165) is 5.56 Å². The highest BCUT2D eigenvalue weighted by molar-refractivity contribution is 7.89. The molecule has 1 aromatic heterocycles. The van der Waals surface area contributed by atoms with Crippen molar-refractivity contribution >= 4 is 38.6 Å². The van der Waals surface area contributed by atoms with Crippen LogP contribution in [-0.4, -0.2) is 14.4 Å². The van der Waals surface area contributed by atoms with Crippen molar-refractivity contribution < 1.29 is 22.4 Å². The fourth-order valence-electron chi connectivity index (χ4n) is 3.53. The maximum Gasteiger partial charge on any atom is 0.339 e. The molecule has 0 unspecified atom stereocenters. The number of rotatable bonds is 6. The lowest BCUT2D eigenvalue weighted by atomic mass is 10.1. The van der Waals surface area contributed by atoms with Crippen molar-refractivity contribution in [3.05, 3.63) is 104 Å². The maximum atomic E-state index is 13.3. The van der Waals surface area contributed by atoms with Crippen LogP contribution in [0.15, 0.2) is 80.8 Å². The number of benzene rings is 3. The topological polar surface area (TPSA) is 103 Å².